The molecule has 0 unspecified atom stereocenters. The topological polar surface area (TPSA) is 119 Å². The van der Waals surface area contributed by atoms with Gasteiger partial charge < -0.3 is 4.74 Å². The molecule has 0 aromatic heterocycles. The van der Waals surface area contributed by atoms with Crippen LogP contribution < -0.4 is 9.44 Å². The van der Waals surface area contributed by atoms with Crippen LogP contribution in [0.15, 0.2) is 35.2 Å². The minimum Gasteiger partial charge on any atom is -0.463 e. The standard InChI is InChI=1S/C14H22N2O6S2/c1-11(2)13(14(17)22-10-9-15-23(3,18)19)16-24(20,21)12-7-5-4-6-8-12/h4-8,11,13,15-16H,9-10H2,1-3H3/t13-/m0/s1. The minimum atomic E-state index is -3.87. The van der Waals surface area contributed by atoms with Gasteiger partial charge in [-0.1, -0.05) is 32.0 Å². The molecule has 10 heteroatoms. The van der Waals surface area contributed by atoms with Gasteiger partial charge in [-0.3, -0.25) is 4.79 Å². The summed E-state index contributed by atoms with van der Waals surface area (Å²) in [5.74, 6) is -1.11. The van der Waals surface area contributed by atoms with E-state index in [1.54, 1.807) is 32.0 Å². The molecular weight excluding hydrogens is 356 g/mol. The Kier molecular flexibility index (Phi) is 7.33. The summed E-state index contributed by atoms with van der Waals surface area (Å²) in [7, 11) is -7.24. The second-order valence-corrected chi connectivity index (χ2v) is 9.04. The zero-order valence-electron chi connectivity index (χ0n) is 13.7. The van der Waals surface area contributed by atoms with Crippen LogP contribution in [-0.2, 0) is 29.6 Å². The summed E-state index contributed by atoms with van der Waals surface area (Å²) in [6, 6.07) is 6.60. The van der Waals surface area contributed by atoms with E-state index in [4.69, 9.17) is 4.74 Å². The Balaban J connectivity index is 2.71. The highest BCUT2D eigenvalue weighted by molar-refractivity contribution is 7.89. The molecule has 136 valence electrons. The second kappa shape index (κ2) is 8.56. The highest BCUT2D eigenvalue weighted by Crippen LogP contribution is 2.12. The normalized spacial score (nSPS) is 13.7. The molecule has 1 aromatic rings. The number of benzene rings is 1. The number of sulfonamides is 2. The largest absolute Gasteiger partial charge is 0.463 e. The molecule has 0 saturated carbocycles. The SMILES string of the molecule is CC(C)[C@H](NS(=O)(=O)c1ccccc1)C(=O)OCCNS(C)(=O)=O. The van der Waals surface area contributed by atoms with Crippen molar-refractivity contribution in [3.63, 3.8) is 0 Å². The molecule has 0 saturated heterocycles. The number of nitrogens with one attached hydrogen (secondary N) is 2. The highest BCUT2D eigenvalue weighted by atomic mass is 32.2. The van der Waals surface area contributed by atoms with Gasteiger partial charge in [-0.05, 0) is 18.1 Å². The van der Waals surface area contributed by atoms with Crippen LogP contribution in [0.5, 0.6) is 0 Å². The predicted molar refractivity (Wildman–Crippen MR) is 89.2 cm³/mol. The lowest BCUT2D eigenvalue weighted by Gasteiger charge is -2.20. The molecule has 1 rings (SSSR count). The quantitative estimate of drug-likeness (QED) is 0.464. The smallest absolute Gasteiger partial charge is 0.324 e. The molecule has 0 amide bonds. The van der Waals surface area contributed by atoms with E-state index < -0.39 is 32.1 Å². The molecule has 24 heavy (non-hydrogen) atoms. The molecule has 1 aromatic carbocycles. The first kappa shape index (κ1) is 20.6. The third-order valence-corrected chi connectivity index (χ3v) is 5.15. The van der Waals surface area contributed by atoms with Crippen LogP contribution in [0, 0.1) is 5.92 Å². The molecular formula is C14H22N2O6S2. The minimum absolute atomic E-state index is 0.0437. The van der Waals surface area contributed by atoms with Crippen LogP contribution in [0.25, 0.3) is 0 Å². The number of hydrogen-bond donors (Lipinski definition) is 2. The number of carbonyl (C=O) groups excluding carboxylic acids is 1. The van der Waals surface area contributed by atoms with Crippen molar-refractivity contribution < 1.29 is 26.4 Å². The van der Waals surface area contributed by atoms with Crippen molar-refractivity contribution in [2.24, 2.45) is 5.92 Å². The monoisotopic (exact) mass is 378 g/mol. The van der Waals surface area contributed by atoms with E-state index in [2.05, 4.69) is 9.44 Å². The highest BCUT2D eigenvalue weighted by Gasteiger charge is 2.29. The lowest BCUT2D eigenvalue weighted by atomic mass is 10.1. The predicted octanol–water partition coefficient (Wildman–Crippen LogP) is 0.0819. The van der Waals surface area contributed by atoms with E-state index in [1.165, 1.54) is 12.1 Å². The van der Waals surface area contributed by atoms with Gasteiger partial charge in [-0.15, -0.1) is 0 Å². The number of rotatable bonds is 9. The number of carbonyl (C=O) groups is 1. The Bertz CT molecular complexity index is 745. The van der Waals surface area contributed by atoms with Crippen LogP contribution in [0.1, 0.15) is 13.8 Å². The first-order chi connectivity index (χ1) is 11.0. The third-order valence-electron chi connectivity index (χ3n) is 2.97. The fourth-order valence-electron chi connectivity index (χ4n) is 1.76. The van der Waals surface area contributed by atoms with Gasteiger partial charge in [0.25, 0.3) is 0 Å². The van der Waals surface area contributed by atoms with Gasteiger partial charge >= 0.3 is 5.97 Å². The molecule has 0 spiro atoms. The maximum atomic E-state index is 12.3. The Labute approximate surface area is 142 Å². The molecule has 0 bridgehead atoms. The maximum absolute atomic E-state index is 12.3. The second-order valence-electron chi connectivity index (χ2n) is 5.49. The van der Waals surface area contributed by atoms with Gasteiger partial charge in [0.2, 0.25) is 20.0 Å². The zero-order valence-corrected chi connectivity index (χ0v) is 15.4. The molecule has 1 atom stereocenters. The molecule has 2 N–H and O–H groups in total. The third kappa shape index (κ3) is 6.95. The fraction of sp³-hybridized carbons (Fsp3) is 0.500. The van der Waals surface area contributed by atoms with E-state index >= 15 is 0 Å². The fourth-order valence-corrected chi connectivity index (χ4v) is 3.57. The number of hydrogen-bond acceptors (Lipinski definition) is 6. The summed E-state index contributed by atoms with van der Waals surface area (Å²) in [4.78, 5) is 12.1. The van der Waals surface area contributed by atoms with Gasteiger partial charge in [0.15, 0.2) is 0 Å². The molecule has 8 nitrogen and oxygen atoms in total. The molecule has 0 radical (unpaired) electrons. The molecule has 0 aliphatic heterocycles. The van der Waals surface area contributed by atoms with Crippen molar-refractivity contribution >= 4 is 26.0 Å². The van der Waals surface area contributed by atoms with Crippen LogP contribution in [0.4, 0.5) is 0 Å². The van der Waals surface area contributed by atoms with E-state index in [0.717, 1.165) is 6.26 Å². The number of ether oxygens (including phenoxy) is 1. The van der Waals surface area contributed by atoms with Gasteiger partial charge in [0, 0.05) is 6.54 Å². The van der Waals surface area contributed by atoms with E-state index in [-0.39, 0.29) is 24.0 Å². The van der Waals surface area contributed by atoms with Crippen molar-refractivity contribution in [1.29, 1.82) is 0 Å². The molecule has 0 aliphatic rings. The molecule has 0 fully saturated rings. The van der Waals surface area contributed by atoms with Gasteiger partial charge in [0.1, 0.15) is 12.6 Å². The van der Waals surface area contributed by atoms with Crippen molar-refractivity contribution in [3.05, 3.63) is 30.3 Å². The van der Waals surface area contributed by atoms with Crippen LogP contribution in [0.3, 0.4) is 0 Å². The maximum Gasteiger partial charge on any atom is 0.324 e. The summed E-state index contributed by atoms with van der Waals surface area (Å²) in [6.45, 7) is 3.07. The summed E-state index contributed by atoms with van der Waals surface area (Å²) < 4.78 is 55.9. The van der Waals surface area contributed by atoms with E-state index in [9.17, 15) is 21.6 Å². The Morgan fingerprint density at radius 2 is 1.71 bits per heavy atom. The molecule has 0 heterocycles. The molecule has 0 aliphatic carbocycles. The van der Waals surface area contributed by atoms with Gasteiger partial charge in [-0.25, -0.2) is 21.6 Å². The van der Waals surface area contributed by atoms with Crippen LogP contribution in [-0.4, -0.2) is 48.3 Å². The van der Waals surface area contributed by atoms with Crippen molar-refractivity contribution in [2.45, 2.75) is 24.8 Å². The summed E-state index contributed by atoms with van der Waals surface area (Å²) in [5, 5.41) is 0. The summed E-state index contributed by atoms with van der Waals surface area (Å²) >= 11 is 0. The first-order valence-corrected chi connectivity index (χ1v) is 10.6. The number of esters is 1. The van der Waals surface area contributed by atoms with Crippen LogP contribution >= 0.6 is 0 Å². The lowest BCUT2D eigenvalue weighted by molar-refractivity contribution is -0.146. The van der Waals surface area contributed by atoms with Crippen molar-refractivity contribution in [2.75, 3.05) is 19.4 Å². The Morgan fingerprint density at radius 1 is 1.12 bits per heavy atom. The Hall–Kier alpha value is -1.49. The van der Waals surface area contributed by atoms with E-state index in [0.29, 0.717) is 0 Å². The Morgan fingerprint density at radius 3 is 2.21 bits per heavy atom. The van der Waals surface area contributed by atoms with E-state index in [1.807, 2.05) is 0 Å². The van der Waals surface area contributed by atoms with Crippen LogP contribution in [0.2, 0.25) is 0 Å². The summed E-state index contributed by atoms with van der Waals surface area (Å²) in [5.41, 5.74) is 0. The lowest BCUT2D eigenvalue weighted by Crippen LogP contribution is -2.45. The first-order valence-electron chi connectivity index (χ1n) is 7.21. The van der Waals surface area contributed by atoms with Gasteiger partial charge in [0.05, 0.1) is 11.2 Å². The summed E-state index contributed by atoms with van der Waals surface area (Å²) in [6.07, 6.45) is 0.986. The average Bonchev–Trinajstić information content (AvgIpc) is 2.49. The van der Waals surface area contributed by atoms with Gasteiger partial charge in [-0.2, -0.15) is 4.72 Å². The van der Waals surface area contributed by atoms with Crippen molar-refractivity contribution in [1.82, 2.24) is 9.44 Å². The zero-order chi connectivity index (χ0) is 18.4. The average molecular weight is 378 g/mol. The van der Waals surface area contributed by atoms with Crippen molar-refractivity contribution in [3.8, 4) is 0 Å².